The minimum Gasteiger partial charge on any atom is -0.0691 e. The van der Waals surface area contributed by atoms with E-state index in [4.69, 9.17) is 0 Å². The monoisotopic (exact) mass is 342 g/mol. The average molecular weight is 342 g/mol. The zero-order valence-electron chi connectivity index (χ0n) is 18.3. The van der Waals surface area contributed by atoms with Gasteiger partial charge in [-0.1, -0.05) is 92.1 Å². The number of rotatable bonds is 4. The van der Waals surface area contributed by atoms with Crippen LogP contribution in [-0.2, 0) is 0 Å². The van der Waals surface area contributed by atoms with Crippen LogP contribution in [0.1, 0.15) is 87.5 Å². The smallest absolute Gasteiger partial charge is 0.0691 e. The van der Waals surface area contributed by atoms with Gasteiger partial charge < -0.3 is 0 Å². The molecule has 0 aromatic carbocycles. The van der Waals surface area contributed by atoms with Gasteiger partial charge in [-0.2, -0.15) is 0 Å². The van der Waals surface area contributed by atoms with Gasteiger partial charge >= 0.3 is 0 Å². The van der Waals surface area contributed by atoms with Crippen LogP contribution in [0.4, 0.5) is 0 Å². The average Bonchev–Trinajstić information content (AvgIpc) is 2.56. The van der Waals surface area contributed by atoms with Crippen molar-refractivity contribution in [2.24, 2.45) is 46.3 Å². The van der Waals surface area contributed by atoms with Crippen molar-refractivity contribution in [3.8, 4) is 0 Å². The Kier molecular flexibility index (Phi) is 4.26. The van der Waals surface area contributed by atoms with Gasteiger partial charge in [-0.15, -0.1) is 0 Å². The van der Waals surface area contributed by atoms with E-state index in [1.54, 1.807) is 12.8 Å². The lowest BCUT2D eigenvalue weighted by Gasteiger charge is -2.67. The molecule has 0 spiro atoms. The molecule has 6 aliphatic carbocycles. The Morgan fingerprint density at radius 1 is 0.800 bits per heavy atom. The first kappa shape index (κ1) is 18.4. The van der Waals surface area contributed by atoms with Gasteiger partial charge in [0.05, 0.1) is 0 Å². The second-order valence-corrected chi connectivity index (χ2v) is 12.2. The van der Waals surface area contributed by atoms with E-state index in [1.165, 1.54) is 19.3 Å². The van der Waals surface area contributed by atoms with E-state index >= 15 is 0 Å². The molecule has 1 heteroatoms. The Balaban J connectivity index is 1.58. The zero-order valence-corrected chi connectivity index (χ0v) is 18.3. The SMILES string of the molecule is CCC(C)B([C@@H]1C[C@@H]2C[C@H]([C@H]1C)C2(C)C)[C@@H]1C[C@@H]2C[C@H]([C@H]1C)C2(C)C. The summed E-state index contributed by atoms with van der Waals surface area (Å²) in [6.45, 7) is 21.6. The van der Waals surface area contributed by atoms with Crippen LogP contribution in [-0.4, -0.2) is 6.71 Å². The first-order valence-electron chi connectivity index (χ1n) is 11.6. The summed E-state index contributed by atoms with van der Waals surface area (Å²) in [5.41, 5.74) is 1.27. The van der Waals surface area contributed by atoms with Crippen LogP contribution in [0.3, 0.4) is 0 Å². The molecular formula is C24H43B. The summed E-state index contributed by atoms with van der Waals surface area (Å²) >= 11 is 0. The Bertz CT molecular complexity index is 478. The van der Waals surface area contributed by atoms with Crippen molar-refractivity contribution in [3.05, 3.63) is 0 Å². The Morgan fingerprint density at radius 2 is 1.20 bits per heavy atom. The summed E-state index contributed by atoms with van der Waals surface area (Å²) in [6, 6.07) is 0. The molecule has 0 nitrogen and oxygen atoms in total. The standard InChI is InChI=1S/C24H43B/c1-9-14(2)25(21-12-17-10-19(15(21)3)23(17,5)6)22-13-18-11-20(16(22)4)24(18,7)8/h14-22H,9-13H2,1-8H3/t14?,15-,16-,17+,18+,19-,20-,21-,22-/m1/s1. The molecule has 0 aliphatic heterocycles. The molecular weight excluding hydrogens is 299 g/mol. The van der Waals surface area contributed by atoms with Crippen LogP contribution in [0, 0.1) is 46.3 Å². The van der Waals surface area contributed by atoms with Crippen molar-refractivity contribution in [2.45, 2.75) is 105 Å². The summed E-state index contributed by atoms with van der Waals surface area (Å²) in [5.74, 6) is 8.92. The van der Waals surface area contributed by atoms with Crippen LogP contribution >= 0.6 is 0 Å². The first-order valence-corrected chi connectivity index (χ1v) is 11.6. The Morgan fingerprint density at radius 3 is 1.48 bits per heavy atom. The molecule has 6 aliphatic rings. The molecule has 0 aromatic rings. The van der Waals surface area contributed by atoms with Gasteiger partial charge in [-0.25, -0.2) is 0 Å². The van der Waals surface area contributed by atoms with Crippen molar-refractivity contribution in [1.29, 1.82) is 0 Å². The fraction of sp³-hybridized carbons (Fsp3) is 1.00. The third kappa shape index (κ3) is 2.39. The quantitative estimate of drug-likeness (QED) is 0.466. The topological polar surface area (TPSA) is 0 Å². The normalized spacial score (nSPS) is 50.4. The highest BCUT2D eigenvalue weighted by atomic mass is 14.6. The minimum atomic E-state index is 0.637. The third-order valence-electron chi connectivity index (χ3n) is 11.1. The van der Waals surface area contributed by atoms with E-state index in [0.29, 0.717) is 10.8 Å². The maximum atomic E-state index is 2.64. The van der Waals surface area contributed by atoms with E-state index in [0.717, 1.165) is 59.7 Å². The summed E-state index contributed by atoms with van der Waals surface area (Å²) in [5, 5.41) is 0. The summed E-state index contributed by atoms with van der Waals surface area (Å²) in [7, 11) is 0. The van der Waals surface area contributed by atoms with Gasteiger partial charge in [0.25, 0.3) is 0 Å². The van der Waals surface area contributed by atoms with Crippen LogP contribution < -0.4 is 0 Å². The maximum absolute atomic E-state index is 2.64. The van der Waals surface area contributed by atoms with Gasteiger partial charge in [0.2, 0.25) is 0 Å². The summed E-state index contributed by atoms with van der Waals surface area (Å²) in [6.07, 6.45) is 7.55. The first-order chi connectivity index (χ1) is 11.6. The summed E-state index contributed by atoms with van der Waals surface area (Å²) in [4.78, 5) is 0. The van der Waals surface area contributed by atoms with Crippen LogP contribution in [0.25, 0.3) is 0 Å². The Labute approximate surface area is 158 Å². The van der Waals surface area contributed by atoms with Crippen LogP contribution in [0.15, 0.2) is 0 Å². The highest BCUT2D eigenvalue weighted by Gasteiger charge is 2.62. The fourth-order valence-electron chi connectivity index (χ4n) is 8.83. The lowest BCUT2D eigenvalue weighted by molar-refractivity contribution is -0.108. The molecule has 1 unspecified atom stereocenters. The van der Waals surface area contributed by atoms with Crippen molar-refractivity contribution < 1.29 is 0 Å². The van der Waals surface area contributed by atoms with Gasteiger partial charge in [0.15, 0.2) is 0 Å². The summed E-state index contributed by atoms with van der Waals surface area (Å²) < 4.78 is 0. The van der Waals surface area contributed by atoms with Gasteiger partial charge in [0.1, 0.15) is 6.71 Å². The number of hydrogen-bond donors (Lipinski definition) is 0. The molecule has 6 rings (SSSR count). The highest BCUT2D eigenvalue weighted by molar-refractivity contribution is 6.63. The van der Waals surface area contributed by atoms with Crippen molar-refractivity contribution in [2.75, 3.05) is 0 Å². The molecule has 9 atom stereocenters. The van der Waals surface area contributed by atoms with E-state index in [1.807, 2.05) is 0 Å². The number of hydrogen-bond acceptors (Lipinski definition) is 0. The molecule has 0 heterocycles. The third-order valence-corrected chi connectivity index (χ3v) is 11.1. The molecule has 0 aromatic heterocycles. The molecule has 0 amide bonds. The predicted molar refractivity (Wildman–Crippen MR) is 111 cm³/mol. The molecule has 6 saturated carbocycles. The second-order valence-electron chi connectivity index (χ2n) is 12.2. The maximum Gasteiger partial charge on any atom is 0.149 e. The molecule has 0 saturated heterocycles. The van der Waals surface area contributed by atoms with Crippen LogP contribution in [0.2, 0.25) is 17.5 Å². The van der Waals surface area contributed by atoms with Crippen molar-refractivity contribution >= 4 is 6.71 Å². The minimum absolute atomic E-state index is 0.637. The molecule has 0 radical (unpaired) electrons. The van der Waals surface area contributed by atoms with Gasteiger partial charge in [0, 0.05) is 0 Å². The predicted octanol–water partition coefficient (Wildman–Crippen LogP) is 7.43. The largest absolute Gasteiger partial charge is 0.149 e. The molecule has 25 heavy (non-hydrogen) atoms. The Hall–Kier alpha value is 0.0649. The molecule has 6 fully saturated rings. The second kappa shape index (κ2) is 5.78. The van der Waals surface area contributed by atoms with Crippen LogP contribution in [0.5, 0.6) is 0 Å². The fourth-order valence-corrected chi connectivity index (χ4v) is 8.83. The van der Waals surface area contributed by atoms with Crippen molar-refractivity contribution in [3.63, 3.8) is 0 Å². The van der Waals surface area contributed by atoms with E-state index in [2.05, 4.69) is 55.4 Å². The van der Waals surface area contributed by atoms with Gasteiger partial charge in [-0.05, 0) is 59.2 Å². The van der Waals surface area contributed by atoms with E-state index in [-0.39, 0.29) is 0 Å². The molecule has 0 N–H and O–H groups in total. The highest BCUT2D eigenvalue weighted by Crippen LogP contribution is 2.70. The lowest BCUT2D eigenvalue weighted by atomic mass is 9.18. The molecule has 142 valence electrons. The van der Waals surface area contributed by atoms with Crippen molar-refractivity contribution in [1.82, 2.24) is 0 Å². The zero-order chi connectivity index (χ0) is 18.3. The van der Waals surface area contributed by atoms with E-state index in [9.17, 15) is 0 Å². The lowest BCUT2D eigenvalue weighted by Crippen LogP contribution is -2.60. The van der Waals surface area contributed by atoms with Gasteiger partial charge in [-0.3, -0.25) is 0 Å². The number of fused-ring (bicyclic) bond motifs is 4. The molecule has 4 bridgehead atoms. The van der Waals surface area contributed by atoms with E-state index < -0.39 is 0 Å².